The highest BCUT2D eigenvalue weighted by Gasteiger charge is 2.25. The number of aromatic nitrogens is 1. The Kier molecular flexibility index (Phi) is 6.00. The highest BCUT2D eigenvalue weighted by molar-refractivity contribution is 7.09. The van der Waals surface area contributed by atoms with Crippen LogP contribution < -0.4 is 5.32 Å². The van der Waals surface area contributed by atoms with Crippen LogP contribution in [0.25, 0.3) is 0 Å². The molecule has 2 heterocycles. The summed E-state index contributed by atoms with van der Waals surface area (Å²) in [7, 11) is 0. The molecule has 1 fully saturated rings. The van der Waals surface area contributed by atoms with Crippen LogP contribution in [-0.2, 0) is 17.9 Å². The largest absolute Gasteiger partial charge is 0.478 e. The van der Waals surface area contributed by atoms with Crippen molar-refractivity contribution in [3.05, 3.63) is 51.5 Å². The van der Waals surface area contributed by atoms with E-state index in [4.69, 9.17) is 5.11 Å². The number of carbonyl (C=O) groups excluding carboxylic acids is 1. The van der Waals surface area contributed by atoms with Crippen molar-refractivity contribution in [1.82, 2.24) is 15.2 Å². The molecule has 3 rings (SSSR count). The highest BCUT2D eigenvalue weighted by Crippen LogP contribution is 2.20. The Balaban J connectivity index is 1.42. The number of thiazole rings is 1. The van der Waals surface area contributed by atoms with Crippen LogP contribution in [0.5, 0.6) is 0 Å². The molecule has 1 saturated heterocycles. The van der Waals surface area contributed by atoms with Crippen molar-refractivity contribution in [3.63, 3.8) is 0 Å². The van der Waals surface area contributed by atoms with Crippen molar-refractivity contribution in [2.24, 2.45) is 5.92 Å². The average Bonchev–Trinajstić information content (AvgIpc) is 3.05. The van der Waals surface area contributed by atoms with Gasteiger partial charge in [-0.3, -0.25) is 9.69 Å². The van der Waals surface area contributed by atoms with Crippen LogP contribution >= 0.6 is 11.3 Å². The second-order valence-corrected chi connectivity index (χ2v) is 7.69. The van der Waals surface area contributed by atoms with Crippen LogP contribution in [0, 0.1) is 12.8 Å². The quantitative estimate of drug-likeness (QED) is 0.813. The van der Waals surface area contributed by atoms with E-state index in [0.29, 0.717) is 6.54 Å². The monoisotopic (exact) mass is 373 g/mol. The van der Waals surface area contributed by atoms with Crippen molar-refractivity contribution < 1.29 is 14.7 Å². The molecule has 2 aromatic rings. The zero-order valence-corrected chi connectivity index (χ0v) is 15.6. The summed E-state index contributed by atoms with van der Waals surface area (Å²) >= 11 is 1.67. The van der Waals surface area contributed by atoms with Gasteiger partial charge in [-0.25, -0.2) is 9.78 Å². The van der Waals surface area contributed by atoms with Gasteiger partial charge in [-0.1, -0.05) is 12.1 Å². The van der Waals surface area contributed by atoms with Crippen LogP contribution in [0.15, 0.2) is 29.6 Å². The van der Waals surface area contributed by atoms with Crippen molar-refractivity contribution in [3.8, 4) is 0 Å². The van der Waals surface area contributed by atoms with Gasteiger partial charge in [0, 0.05) is 24.4 Å². The Bertz CT molecular complexity index is 765. The van der Waals surface area contributed by atoms with Crippen LogP contribution in [0.3, 0.4) is 0 Å². The first-order valence-corrected chi connectivity index (χ1v) is 9.62. The molecule has 6 nitrogen and oxygen atoms in total. The normalized spacial score (nSPS) is 15.7. The maximum absolute atomic E-state index is 12.4. The molecule has 0 saturated carbocycles. The lowest BCUT2D eigenvalue weighted by atomic mass is 9.95. The molecular weight excluding hydrogens is 350 g/mol. The number of amides is 1. The molecule has 26 heavy (non-hydrogen) atoms. The predicted molar refractivity (Wildman–Crippen MR) is 100 cm³/mol. The number of aromatic carboxylic acids is 1. The fourth-order valence-electron chi connectivity index (χ4n) is 3.16. The number of carboxylic acids is 1. The Labute approximate surface area is 156 Å². The topological polar surface area (TPSA) is 82.5 Å². The van der Waals surface area contributed by atoms with Gasteiger partial charge in [0.1, 0.15) is 0 Å². The van der Waals surface area contributed by atoms with E-state index in [2.05, 4.69) is 20.6 Å². The van der Waals surface area contributed by atoms with E-state index in [1.807, 2.05) is 6.92 Å². The third-order valence-electron chi connectivity index (χ3n) is 4.68. The summed E-state index contributed by atoms with van der Waals surface area (Å²) in [6, 6.07) is 6.59. The van der Waals surface area contributed by atoms with Gasteiger partial charge in [0.05, 0.1) is 16.3 Å². The number of hydrogen-bond donors (Lipinski definition) is 2. The number of likely N-dealkylation sites (tertiary alicyclic amines) is 1. The van der Waals surface area contributed by atoms with E-state index in [-0.39, 0.29) is 17.4 Å². The number of aryl methyl sites for hydroxylation is 1. The standard InChI is InChI=1S/C19H23N3O3S/c1-13-21-17(12-26-13)11-22-8-6-15(7-9-22)18(23)20-10-14-2-4-16(5-3-14)19(24)25/h2-5,12,15H,6-11H2,1H3,(H,20,23)(H,24,25). The number of piperidine rings is 1. The molecule has 1 amide bonds. The summed E-state index contributed by atoms with van der Waals surface area (Å²) in [5.41, 5.74) is 2.27. The lowest BCUT2D eigenvalue weighted by Crippen LogP contribution is -2.40. The first-order chi connectivity index (χ1) is 12.5. The summed E-state index contributed by atoms with van der Waals surface area (Å²) in [6.07, 6.45) is 1.71. The van der Waals surface area contributed by atoms with Gasteiger partial charge in [-0.2, -0.15) is 0 Å². The minimum atomic E-state index is -0.944. The second kappa shape index (κ2) is 8.42. The van der Waals surface area contributed by atoms with Gasteiger partial charge in [-0.15, -0.1) is 11.3 Å². The summed E-state index contributed by atoms with van der Waals surface area (Å²) in [5.74, 6) is -0.821. The number of nitrogens with one attached hydrogen (secondary N) is 1. The van der Waals surface area contributed by atoms with Crippen molar-refractivity contribution in [2.75, 3.05) is 13.1 Å². The van der Waals surface area contributed by atoms with Crippen LogP contribution in [0.4, 0.5) is 0 Å². The summed E-state index contributed by atoms with van der Waals surface area (Å²) < 4.78 is 0. The molecule has 0 aliphatic carbocycles. The van der Waals surface area contributed by atoms with Gasteiger partial charge >= 0.3 is 5.97 Å². The number of carboxylic acid groups (broad SMARTS) is 1. The molecule has 1 aromatic carbocycles. The minimum absolute atomic E-state index is 0.0433. The first kappa shape index (κ1) is 18.5. The van der Waals surface area contributed by atoms with Crippen LogP contribution in [0.1, 0.15) is 39.5 Å². The molecule has 0 bridgehead atoms. The molecule has 2 N–H and O–H groups in total. The first-order valence-electron chi connectivity index (χ1n) is 8.74. The number of hydrogen-bond acceptors (Lipinski definition) is 5. The van der Waals surface area contributed by atoms with Gasteiger partial charge in [0.2, 0.25) is 5.91 Å². The maximum Gasteiger partial charge on any atom is 0.335 e. The Morgan fingerprint density at radius 3 is 2.54 bits per heavy atom. The summed E-state index contributed by atoms with van der Waals surface area (Å²) in [6.45, 7) is 5.11. The predicted octanol–water partition coefficient (Wildman–Crippen LogP) is 2.68. The van der Waals surface area contributed by atoms with E-state index >= 15 is 0 Å². The minimum Gasteiger partial charge on any atom is -0.478 e. The van der Waals surface area contributed by atoms with Gasteiger partial charge in [0.15, 0.2) is 0 Å². The molecule has 1 aliphatic rings. The zero-order chi connectivity index (χ0) is 18.5. The molecular formula is C19H23N3O3S. The van der Waals surface area contributed by atoms with Crippen LogP contribution in [0.2, 0.25) is 0 Å². The molecule has 1 aliphatic heterocycles. The summed E-state index contributed by atoms with van der Waals surface area (Å²) in [5, 5.41) is 15.1. The fraction of sp³-hybridized carbons (Fsp3) is 0.421. The number of benzene rings is 1. The molecule has 7 heteroatoms. The molecule has 138 valence electrons. The van der Waals surface area contributed by atoms with Crippen molar-refractivity contribution in [2.45, 2.75) is 32.9 Å². The Morgan fingerprint density at radius 2 is 1.96 bits per heavy atom. The van der Waals surface area contributed by atoms with Crippen molar-refractivity contribution >= 4 is 23.2 Å². The van der Waals surface area contributed by atoms with Gasteiger partial charge < -0.3 is 10.4 Å². The van der Waals surface area contributed by atoms with Crippen molar-refractivity contribution in [1.29, 1.82) is 0 Å². The zero-order valence-electron chi connectivity index (χ0n) is 14.8. The third-order valence-corrected chi connectivity index (χ3v) is 5.50. The van der Waals surface area contributed by atoms with E-state index in [9.17, 15) is 9.59 Å². The Morgan fingerprint density at radius 1 is 1.27 bits per heavy atom. The van der Waals surface area contributed by atoms with E-state index in [1.165, 1.54) is 0 Å². The summed E-state index contributed by atoms with van der Waals surface area (Å²) in [4.78, 5) is 30.1. The molecule has 0 spiro atoms. The van der Waals surface area contributed by atoms with Crippen LogP contribution in [-0.4, -0.2) is 40.0 Å². The van der Waals surface area contributed by atoms with Gasteiger partial charge in [0.25, 0.3) is 0 Å². The Hall–Kier alpha value is -2.25. The van der Waals surface area contributed by atoms with E-state index in [1.54, 1.807) is 35.6 Å². The van der Waals surface area contributed by atoms with E-state index in [0.717, 1.165) is 48.7 Å². The third kappa shape index (κ3) is 4.89. The lowest BCUT2D eigenvalue weighted by molar-refractivity contribution is -0.126. The highest BCUT2D eigenvalue weighted by atomic mass is 32.1. The molecule has 1 aromatic heterocycles. The number of carbonyl (C=O) groups is 2. The maximum atomic E-state index is 12.4. The SMILES string of the molecule is Cc1nc(CN2CCC(C(=O)NCc3ccc(C(=O)O)cc3)CC2)cs1. The van der Waals surface area contributed by atoms with E-state index < -0.39 is 5.97 Å². The molecule has 0 unspecified atom stereocenters. The average molecular weight is 373 g/mol. The molecule has 0 radical (unpaired) electrons. The van der Waals surface area contributed by atoms with Gasteiger partial charge in [-0.05, 0) is 50.6 Å². The fourth-order valence-corrected chi connectivity index (χ4v) is 3.77. The lowest BCUT2D eigenvalue weighted by Gasteiger charge is -2.30. The number of nitrogens with zero attached hydrogens (tertiary/aromatic N) is 2. The number of rotatable bonds is 6. The molecule has 0 atom stereocenters. The second-order valence-electron chi connectivity index (χ2n) is 6.63. The smallest absolute Gasteiger partial charge is 0.335 e.